The Morgan fingerprint density at radius 2 is 2.46 bits per heavy atom. The minimum atomic E-state index is -0.318. The number of nitrogens with two attached hydrogens (primary N) is 1. The number of nitrogens with zero attached hydrogens (tertiary/aromatic N) is 2. The van der Waals surface area contributed by atoms with Gasteiger partial charge in [-0.3, -0.25) is 4.79 Å². The van der Waals surface area contributed by atoms with Crippen molar-refractivity contribution in [3.05, 3.63) is 5.82 Å². The lowest BCUT2D eigenvalue weighted by molar-refractivity contribution is -0.118. The Morgan fingerprint density at radius 3 is 2.92 bits per heavy atom. The van der Waals surface area contributed by atoms with E-state index in [1.165, 1.54) is 11.5 Å². The predicted molar refractivity (Wildman–Crippen MR) is 51.5 cm³/mol. The summed E-state index contributed by atoms with van der Waals surface area (Å²) in [4.78, 5) is 14.7. The van der Waals surface area contributed by atoms with Crippen LogP contribution in [0.2, 0.25) is 0 Å². The highest BCUT2D eigenvalue weighted by atomic mass is 32.1. The van der Waals surface area contributed by atoms with Gasteiger partial charge in [-0.25, -0.2) is 4.98 Å². The Hall–Kier alpha value is -1.17. The molecule has 6 heteroatoms. The topological polar surface area (TPSA) is 80.9 Å². The number of anilines is 1. The summed E-state index contributed by atoms with van der Waals surface area (Å²) in [5.41, 5.74) is 5.04. The molecule has 3 N–H and O–H groups in total. The van der Waals surface area contributed by atoms with E-state index >= 15 is 0 Å². The van der Waals surface area contributed by atoms with E-state index in [1.54, 1.807) is 0 Å². The Morgan fingerprint density at radius 1 is 1.77 bits per heavy atom. The first-order chi connectivity index (χ1) is 6.08. The molecule has 0 spiro atoms. The molecular formula is C7H12N4OS. The lowest BCUT2D eigenvalue weighted by Gasteiger charge is -2.08. The molecule has 0 bridgehead atoms. The largest absolute Gasteiger partial charge is 0.370 e. The molecule has 0 aliphatic rings. The fraction of sp³-hybridized carbons (Fsp3) is 0.571. The first kappa shape index (κ1) is 9.91. The molecule has 1 rings (SSSR count). The summed E-state index contributed by atoms with van der Waals surface area (Å²) in [5.74, 6) is 0.417. The van der Waals surface area contributed by atoms with Crippen LogP contribution in [0.5, 0.6) is 0 Å². The maximum atomic E-state index is 10.6. The molecule has 1 heterocycles. The number of aromatic nitrogens is 2. The molecule has 0 saturated carbocycles. The zero-order chi connectivity index (χ0) is 9.84. The number of hydrogen-bond acceptors (Lipinski definition) is 5. The van der Waals surface area contributed by atoms with Crippen molar-refractivity contribution in [1.29, 1.82) is 0 Å². The van der Waals surface area contributed by atoms with E-state index in [4.69, 9.17) is 5.73 Å². The number of aryl methyl sites for hydroxylation is 1. The van der Waals surface area contributed by atoms with Gasteiger partial charge in [0, 0.05) is 24.0 Å². The molecule has 0 aliphatic carbocycles. The SMILES string of the molecule is Cc1nsc(NC(C)CC(N)=O)n1. The van der Waals surface area contributed by atoms with Gasteiger partial charge in [0.1, 0.15) is 5.82 Å². The van der Waals surface area contributed by atoms with E-state index in [9.17, 15) is 4.79 Å². The molecule has 1 aromatic heterocycles. The Balaban J connectivity index is 2.44. The van der Waals surface area contributed by atoms with Crippen molar-refractivity contribution < 1.29 is 4.79 Å². The lowest BCUT2D eigenvalue weighted by atomic mass is 10.2. The smallest absolute Gasteiger partial charge is 0.219 e. The standard InChI is InChI=1S/C7H12N4OS/c1-4(3-6(8)12)9-7-10-5(2)11-13-7/h4H,3H2,1-2H3,(H2,8,12)(H,9,10,11). The summed E-state index contributed by atoms with van der Waals surface area (Å²) >= 11 is 1.28. The van der Waals surface area contributed by atoms with Gasteiger partial charge >= 0.3 is 0 Å². The van der Waals surface area contributed by atoms with E-state index in [0.29, 0.717) is 6.42 Å². The van der Waals surface area contributed by atoms with Crippen LogP contribution < -0.4 is 11.1 Å². The van der Waals surface area contributed by atoms with Gasteiger partial charge in [-0.05, 0) is 13.8 Å². The van der Waals surface area contributed by atoms with Gasteiger partial charge in [0.05, 0.1) is 0 Å². The van der Waals surface area contributed by atoms with Gasteiger partial charge in [-0.15, -0.1) is 0 Å². The second-order valence-electron chi connectivity index (χ2n) is 2.86. The number of primary amides is 1. The van der Waals surface area contributed by atoms with Gasteiger partial charge in [0.25, 0.3) is 0 Å². The van der Waals surface area contributed by atoms with Crippen LogP contribution in [0, 0.1) is 6.92 Å². The first-order valence-corrected chi connectivity index (χ1v) is 4.70. The normalized spacial score (nSPS) is 12.5. The van der Waals surface area contributed by atoms with Crippen molar-refractivity contribution in [1.82, 2.24) is 9.36 Å². The highest BCUT2D eigenvalue weighted by Gasteiger charge is 2.07. The fourth-order valence-corrected chi connectivity index (χ4v) is 1.61. The molecule has 0 saturated heterocycles. The number of carbonyl (C=O) groups excluding carboxylic acids is 1. The molecule has 5 nitrogen and oxygen atoms in total. The van der Waals surface area contributed by atoms with Crippen LogP contribution in [-0.2, 0) is 4.79 Å². The van der Waals surface area contributed by atoms with Crippen LogP contribution in [0.1, 0.15) is 19.2 Å². The van der Waals surface area contributed by atoms with Gasteiger partial charge in [0.2, 0.25) is 11.0 Å². The van der Waals surface area contributed by atoms with Crippen LogP contribution in [-0.4, -0.2) is 21.3 Å². The molecule has 0 aromatic carbocycles. The zero-order valence-electron chi connectivity index (χ0n) is 7.57. The van der Waals surface area contributed by atoms with Crippen LogP contribution in [0.3, 0.4) is 0 Å². The van der Waals surface area contributed by atoms with Gasteiger partial charge in [-0.2, -0.15) is 4.37 Å². The fourth-order valence-electron chi connectivity index (χ4n) is 0.919. The number of amides is 1. The van der Waals surface area contributed by atoms with Crippen LogP contribution in [0.15, 0.2) is 0 Å². The average Bonchev–Trinajstić information content (AvgIpc) is 2.33. The van der Waals surface area contributed by atoms with Crippen molar-refractivity contribution in [2.45, 2.75) is 26.3 Å². The second kappa shape index (κ2) is 4.18. The predicted octanol–water partition coefficient (Wildman–Crippen LogP) is 0.522. The third-order valence-corrected chi connectivity index (χ3v) is 2.14. The Kier molecular flexibility index (Phi) is 3.18. The molecule has 0 aliphatic heterocycles. The molecule has 1 aromatic rings. The van der Waals surface area contributed by atoms with Crippen molar-refractivity contribution in [3.63, 3.8) is 0 Å². The molecule has 0 radical (unpaired) electrons. The number of nitrogens with one attached hydrogen (secondary N) is 1. The van der Waals surface area contributed by atoms with E-state index in [2.05, 4.69) is 14.7 Å². The maximum Gasteiger partial charge on any atom is 0.219 e. The quantitative estimate of drug-likeness (QED) is 0.742. The van der Waals surface area contributed by atoms with Crippen molar-refractivity contribution in [3.8, 4) is 0 Å². The summed E-state index contributed by atoms with van der Waals surface area (Å²) in [7, 11) is 0. The summed E-state index contributed by atoms with van der Waals surface area (Å²) < 4.78 is 4.00. The number of carbonyl (C=O) groups is 1. The highest BCUT2D eigenvalue weighted by molar-refractivity contribution is 7.09. The molecule has 1 unspecified atom stereocenters. The van der Waals surface area contributed by atoms with Gasteiger partial charge in [0.15, 0.2) is 0 Å². The molecule has 1 atom stereocenters. The van der Waals surface area contributed by atoms with E-state index in [1.807, 2.05) is 13.8 Å². The second-order valence-corrected chi connectivity index (χ2v) is 3.61. The Bertz CT molecular complexity index is 298. The van der Waals surface area contributed by atoms with Crippen LogP contribution >= 0.6 is 11.5 Å². The average molecular weight is 200 g/mol. The van der Waals surface area contributed by atoms with Gasteiger partial charge in [-0.1, -0.05) is 0 Å². The van der Waals surface area contributed by atoms with Crippen molar-refractivity contribution >= 4 is 22.6 Å². The maximum absolute atomic E-state index is 10.6. The Labute approximate surface area is 80.5 Å². The van der Waals surface area contributed by atoms with E-state index < -0.39 is 0 Å². The van der Waals surface area contributed by atoms with E-state index in [0.717, 1.165) is 11.0 Å². The first-order valence-electron chi connectivity index (χ1n) is 3.93. The van der Waals surface area contributed by atoms with E-state index in [-0.39, 0.29) is 11.9 Å². The highest BCUT2D eigenvalue weighted by Crippen LogP contribution is 2.12. The number of rotatable bonds is 4. The molecular weight excluding hydrogens is 188 g/mol. The van der Waals surface area contributed by atoms with Crippen LogP contribution in [0.4, 0.5) is 5.13 Å². The summed E-state index contributed by atoms with van der Waals surface area (Å²) in [5, 5.41) is 3.77. The third-order valence-electron chi connectivity index (χ3n) is 1.40. The monoisotopic (exact) mass is 200 g/mol. The summed E-state index contributed by atoms with van der Waals surface area (Å²) in [6.45, 7) is 3.70. The molecule has 13 heavy (non-hydrogen) atoms. The van der Waals surface area contributed by atoms with Crippen molar-refractivity contribution in [2.75, 3.05) is 5.32 Å². The summed E-state index contributed by atoms with van der Waals surface area (Å²) in [6.07, 6.45) is 0.304. The van der Waals surface area contributed by atoms with Crippen molar-refractivity contribution in [2.24, 2.45) is 5.73 Å². The lowest BCUT2D eigenvalue weighted by Crippen LogP contribution is -2.23. The molecule has 72 valence electrons. The molecule has 1 amide bonds. The summed E-state index contributed by atoms with van der Waals surface area (Å²) in [6, 6.07) is 0.00449. The molecule has 0 fully saturated rings. The van der Waals surface area contributed by atoms with Gasteiger partial charge < -0.3 is 11.1 Å². The minimum Gasteiger partial charge on any atom is -0.370 e. The van der Waals surface area contributed by atoms with Crippen LogP contribution in [0.25, 0.3) is 0 Å². The number of hydrogen-bond donors (Lipinski definition) is 2. The third kappa shape index (κ3) is 3.37. The minimum absolute atomic E-state index is 0.00449. The zero-order valence-corrected chi connectivity index (χ0v) is 8.39.